The zero-order chi connectivity index (χ0) is 11.0. The fourth-order valence-electron chi connectivity index (χ4n) is 2.22. The van der Waals surface area contributed by atoms with Crippen molar-refractivity contribution in [2.45, 2.75) is 33.4 Å². The maximum Gasteiger partial charge on any atom is 0.0912 e. The first-order chi connectivity index (χ1) is 7.15. The third kappa shape index (κ3) is 1.55. The predicted molar refractivity (Wildman–Crippen MR) is 63.0 cm³/mol. The van der Waals surface area contributed by atoms with E-state index >= 15 is 0 Å². The highest BCUT2D eigenvalue weighted by Gasteiger charge is 2.12. The summed E-state index contributed by atoms with van der Waals surface area (Å²) < 4.78 is 2.19. The Balaban J connectivity index is 2.80. The molecule has 0 bridgehead atoms. The molecule has 2 heteroatoms. The second-order valence-corrected chi connectivity index (χ2v) is 4.00. The lowest BCUT2D eigenvalue weighted by atomic mass is 10.1. The fraction of sp³-hybridized carbons (Fsp3) is 0.385. The van der Waals surface area contributed by atoms with E-state index in [1.807, 2.05) is 6.92 Å². The molecule has 2 nitrogen and oxygen atoms in total. The molecule has 1 aromatic carbocycles. The van der Waals surface area contributed by atoms with Crippen molar-refractivity contribution in [1.29, 1.82) is 0 Å². The minimum Gasteiger partial charge on any atom is -0.387 e. The number of rotatable bonds is 2. The molecule has 0 spiro atoms. The van der Waals surface area contributed by atoms with Crippen LogP contribution >= 0.6 is 0 Å². The van der Waals surface area contributed by atoms with Gasteiger partial charge in [0.25, 0.3) is 0 Å². The first-order valence-corrected chi connectivity index (χ1v) is 5.42. The largest absolute Gasteiger partial charge is 0.387 e. The Labute approximate surface area is 90.2 Å². The maximum atomic E-state index is 9.71. The summed E-state index contributed by atoms with van der Waals surface area (Å²) >= 11 is 0. The molecule has 0 saturated heterocycles. The van der Waals surface area contributed by atoms with Crippen molar-refractivity contribution < 1.29 is 5.11 Å². The number of benzene rings is 1. The molecule has 0 radical (unpaired) electrons. The van der Waals surface area contributed by atoms with Gasteiger partial charge in [-0.05, 0) is 32.4 Å². The van der Waals surface area contributed by atoms with Gasteiger partial charge in [-0.3, -0.25) is 0 Å². The van der Waals surface area contributed by atoms with E-state index in [4.69, 9.17) is 0 Å². The fourth-order valence-corrected chi connectivity index (χ4v) is 2.22. The van der Waals surface area contributed by atoms with Crippen LogP contribution in [0.25, 0.3) is 10.9 Å². The number of hydrogen-bond acceptors (Lipinski definition) is 1. The SMILES string of the molecule is CCn1c(C(C)O)cc2cccc(C)c21. The van der Waals surface area contributed by atoms with E-state index in [9.17, 15) is 5.11 Å². The van der Waals surface area contributed by atoms with Crippen LogP contribution in [0.3, 0.4) is 0 Å². The van der Waals surface area contributed by atoms with Crippen molar-refractivity contribution in [3.05, 3.63) is 35.5 Å². The van der Waals surface area contributed by atoms with Crippen LogP contribution in [0.4, 0.5) is 0 Å². The van der Waals surface area contributed by atoms with Crippen LogP contribution in [-0.4, -0.2) is 9.67 Å². The molecule has 0 amide bonds. The van der Waals surface area contributed by atoms with Crippen LogP contribution in [-0.2, 0) is 6.54 Å². The highest BCUT2D eigenvalue weighted by atomic mass is 16.3. The van der Waals surface area contributed by atoms with E-state index in [2.05, 4.69) is 42.7 Å². The quantitative estimate of drug-likeness (QED) is 0.797. The summed E-state index contributed by atoms with van der Waals surface area (Å²) in [7, 11) is 0. The minimum atomic E-state index is -0.406. The van der Waals surface area contributed by atoms with Gasteiger partial charge in [-0.25, -0.2) is 0 Å². The maximum absolute atomic E-state index is 9.71. The molecule has 80 valence electrons. The van der Waals surface area contributed by atoms with Gasteiger partial charge in [0.2, 0.25) is 0 Å². The Morgan fingerprint density at radius 3 is 2.73 bits per heavy atom. The molecule has 2 rings (SSSR count). The van der Waals surface area contributed by atoms with Gasteiger partial charge in [-0.2, -0.15) is 0 Å². The van der Waals surface area contributed by atoms with E-state index < -0.39 is 6.10 Å². The monoisotopic (exact) mass is 203 g/mol. The van der Waals surface area contributed by atoms with Crippen LogP contribution in [0.1, 0.15) is 31.2 Å². The first-order valence-electron chi connectivity index (χ1n) is 5.42. The van der Waals surface area contributed by atoms with Crippen LogP contribution in [0, 0.1) is 6.92 Å². The Morgan fingerprint density at radius 1 is 1.40 bits per heavy atom. The highest BCUT2D eigenvalue weighted by Crippen LogP contribution is 2.26. The Morgan fingerprint density at radius 2 is 2.13 bits per heavy atom. The molecule has 0 fully saturated rings. The normalized spacial score (nSPS) is 13.3. The van der Waals surface area contributed by atoms with Gasteiger partial charge in [-0.15, -0.1) is 0 Å². The van der Waals surface area contributed by atoms with Crippen molar-refractivity contribution in [3.63, 3.8) is 0 Å². The zero-order valence-corrected chi connectivity index (χ0v) is 9.49. The lowest BCUT2D eigenvalue weighted by molar-refractivity contribution is 0.190. The zero-order valence-electron chi connectivity index (χ0n) is 9.49. The molecule has 1 aromatic heterocycles. The summed E-state index contributed by atoms with van der Waals surface area (Å²) in [5.41, 5.74) is 3.51. The van der Waals surface area contributed by atoms with Crippen molar-refractivity contribution in [2.75, 3.05) is 0 Å². The second-order valence-electron chi connectivity index (χ2n) is 4.00. The van der Waals surface area contributed by atoms with Gasteiger partial charge in [0, 0.05) is 17.6 Å². The van der Waals surface area contributed by atoms with Crippen molar-refractivity contribution in [1.82, 2.24) is 4.57 Å². The van der Waals surface area contributed by atoms with E-state index in [1.165, 1.54) is 16.5 Å². The molecule has 1 heterocycles. The predicted octanol–water partition coefficient (Wildman–Crippen LogP) is 3.02. The van der Waals surface area contributed by atoms with Crippen LogP contribution in [0.2, 0.25) is 0 Å². The second kappa shape index (κ2) is 3.70. The third-order valence-electron chi connectivity index (χ3n) is 2.90. The lowest BCUT2D eigenvalue weighted by Gasteiger charge is -2.10. The van der Waals surface area contributed by atoms with Gasteiger partial charge >= 0.3 is 0 Å². The first kappa shape index (κ1) is 10.2. The summed E-state index contributed by atoms with van der Waals surface area (Å²) in [6, 6.07) is 8.35. The van der Waals surface area contributed by atoms with Gasteiger partial charge in [0.05, 0.1) is 11.6 Å². The highest BCUT2D eigenvalue weighted by molar-refractivity contribution is 5.84. The number of fused-ring (bicyclic) bond motifs is 1. The molecule has 1 atom stereocenters. The summed E-state index contributed by atoms with van der Waals surface area (Å²) in [5.74, 6) is 0. The molecule has 0 saturated carbocycles. The Kier molecular flexibility index (Phi) is 2.53. The number of para-hydroxylation sites is 1. The molecule has 0 aliphatic heterocycles. The molecule has 0 aliphatic rings. The van der Waals surface area contributed by atoms with Gasteiger partial charge in [0.1, 0.15) is 0 Å². The van der Waals surface area contributed by atoms with Crippen LogP contribution in [0.15, 0.2) is 24.3 Å². The molecule has 15 heavy (non-hydrogen) atoms. The summed E-state index contributed by atoms with van der Waals surface area (Å²) in [5, 5.41) is 10.9. The van der Waals surface area contributed by atoms with E-state index in [0.29, 0.717) is 0 Å². The Hall–Kier alpha value is -1.28. The third-order valence-corrected chi connectivity index (χ3v) is 2.90. The summed E-state index contributed by atoms with van der Waals surface area (Å²) in [6.07, 6.45) is -0.406. The summed E-state index contributed by atoms with van der Waals surface area (Å²) in [4.78, 5) is 0. The number of aliphatic hydroxyl groups excluding tert-OH is 1. The smallest absolute Gasteiger partial charge is 0.0912 e. The van der Waals surface area contributed by atoms with E-state index in [0.717, 1.165) is 12.2 Å². The number of aryl methyl sites for hydroxylation is 2. The summed E-state index contributed by atoms with van der Waals surface area (Å²) in [6.45, 7) is 6.93. The van der Waals surface area contributed by atoms with E-state index in [-0.39, 0.29) is 0 Å². The van der Waals surface area contributed by atoms with Gasteiger partial charge < -0.3 is 9.67 Å². The number of aromatic nitrogens is 1. The number of nitrogens with zero attached hydrogens (tertiary/aromatic N) is 1. The van der Waals surface area contributed by atoms with Gasteiger partial charge in [0.15, 0.2) is 0 Å². The molecule has 1 N–H and O–H groups in total. The lowest BCUT2D eigenvalue weighted by Crippen LogP contribution is -2.04. The average Bonchev–Trinajstić information content (AvgIpc) is 2.57. The number of aliphatic hydroxyl groups is 1. The molecular weight excluding hydrogens is 186 g/mol. The molecule has 1 unspecified atom stereocenters. The molecular formula is C13H17NO. The standard InChI is InChI=1S/C13H17NO/c1-4-14-12(10(3)15)8-11-7-5-6-9(2)13(11)14/h5-8,10,15H,4H2,1-3H3. The van der Waals surface area contributed by atoms with Gasteiger partial charge in [-0.1, -0.05) is 18.2 Å². The van der Waals surface area contributed by atoms with Crippen LogP contribution in [0.5, 0.6) is 0 Å². The van der Waals surface area contributed by atoms with Crippen LogP contribution < -0.4 is 0 Å². The van der Waals surface area contributed by atoms with Crippen molar-refractivity contribution in [2.24, 2.45) is 0 Å². The molecule has 0 aliphatic carbocycles. The topological polar surface area (TPSA) is 25.2 Å². The van der Waals surface area contributed by atoms with E-state index in [1.54, 1.807) is 0 Å². The van der Waals surface area contributed by atoms with Crippen molar-refractivity contribution in [3.8, 4) is 0 Å². The minimum absolute atomic E-state index is 0.406. The van der Waals surface area contributed by atoms with Crippen molar-refractivity contribution >= 4 is 10.9 Å². The number of hydrogen-bond donors (Lipinski definition) is 1. The average molecular weight is 203 g/mol. The Bertz CT molecular complexity index is 482. The molecule has 2 aromatic rings.